The van der Waals surface area contributed by atoms with Crippen molar-refractivity contribution in [3.63, 3.8) is 0 Å². The Balaban J connectivity index is 2.03. The summed E-state index contributed by atoms with van der Waals surface area (Å²) >= 11 is 8.67. The lowest BCUT2D eigenvalue weighted by molar-refractivity contribution is 0.0969. The number of benzene rings is 2. The average Bonchev–Trinajstić information content (AvgIpc) is 2.69. The van der Waals surface area contributed by atoms with Gasteiger partial charge in [-0.1, -0.05) is 28.9 Å². The molecule has 2 rings (SSSR count). The summed E-state index contributed by atoms with van der Waals surface area (Å²) in [5, 5.41) is 5.87. The highest BCUT2D eigenvalue weighted by molar-refractivity contribution is 9.10. The Morgan fingerprint density at radius 3 is 2.72 bits per heavy atom. The van der Waals surface area contributed by atoms with Crippen LogP contribution in [-0.2, 0) is 4.74 Å². The Morgan fingerprint density at radius 2 is 2.00 bits per heavy atom. The van der Waals surface area contributed by atoms with Gasteiger partial charge in [-0.2, -0.15) is 0 Å². The molecule has 0 aliphatic rings. The number of rotatable bonds is 9. The molecule has 1 amide bonds. The molecule has 0 spiro atoms. The number of hydrogen-bond acceptors (Lipinski definition) is 5. The monoisotopic (exact) mass is 480 g/mol. The zero-order chi connectivity index (χ0) is 21.2. The van der Waals surface area contributed by atoms with Crippen molar-refractivity contribution >= 4 is 44.9 Å². The Kier molecular flexibility index (Phi) is 9.37. The second kappa shape index (κ2) is 11.7. The molecular formula is C21H25BrN2O4S. The molecule has 0 fully saturated rings. The van der Waals surface area contributed by atoms with Crippen LogP contribution < -0.4 is 20.1 Å². The lowest BCUT2D eigenvalue weighted by atomic mass is 10.2. The van der Waals surface area contributed by atoms with E-state index < -0.39 is 0 Å². The fraction of sp³-hybridized carbons (Fsp3) is 0.333. The van der Waals surface area contributed by atoms with E-state index in [2.05, 4.69) is 33.5 Å². The van der Waals surface area contributed by atoms with Gasteiger partial charge in [0.25, 0.3) is 5.91 Å². The third-order valence-corrected chi connectivity index (χ3v) is 4.66. The molecular weight excluding hydrogens is 456 g/mol. The molecule has 156 valence electrons. The van der Waals surface area contributed by atoms with Crippen LogP contribution in [0.4, 0.5) is 5.69 Å². The summed E-state index contributed by atoms with van der Waals surface area (Å²) < 4.78 is 17.2. The van der Waals surface area contributed by atoms with E-state index >= 15 is 0 Å². The maximum absolute atomic E-state index is 12.7. The molecule has 0 aliphatic heterocycles. The predicted octanol–water partition coefficient (Wildman–Crippen LogP) is 4.78. The zero-order valence-corrected chi connectivity index (χ0v) is 19.1. The first-order chi connectivity index (χ1) is 13.9. The highest BCUT2D eigenvalue weighted by Gasteiger charge is 2.15. The number of methoxy groups -OCH3 is 1. The summed E-state index contributed by atoms with van der Waals surface area (Å²) in [6, 6.07) is 12.6. The summed E-state index contributed by atoms with van der Waals surface area (Å²) in [4.78, 5) is 12.7. The second-order valence-corrected chi connectivity index (χ2v) is 7.58. The molecule has 0 aliphatic carbocycles. The van der Waals surface area contributed by atoms with Crippen molar-refractivity contribution < 1.29 is 19.0 Å². The van der Waals surface area contributed by atoms with Crippen molar-refractivity contribution in [3.8, 4) is 11.5 Å². The molecule has 2 N–H and O–H groups in total. The summed E-state index contributed by atoms with van der Waals surface area (Å²) in [6.07, 6.45) is 1.03. The number of amides is 1. The minimum atomic E-state index is -0.372. The molecule has 29 heavy (non-hydrogen) atoms. The first-order valence-corrected chi connectivity index (χ1v) is 10.4. The number of carbonyl (C=O) groups is 1. The largest absolute Gasteiger partial charge is 0.491 e. The molecule has 2 aromatic rings. The fourth-order valence-corrected chi connectivity index (χ4v) is 2.91. The van der Waals surface area contributed by atoms with Crippen molar-refractivity contribution in [2.24, 2.45) is 0 Å². The molecule has 0 saturated heterocycles. The molecule has 0 bridgehead atoms. The topological polar surface area (TPSA) is 68.8 Å². The summed E-state index contributed by atoms with van der Waals surface area (Å²) in [7, 11) is 1.59. The SMILES string of the molecule is CCC(C)Oc1cccc(NC(=S)NC(=O)c2cc(Br)ccc2OCCOC)c1. The minimum Gasteiger partial charge on any atom is -0.491 e. The van der Waals surface area contributed by atoms with E-state index in [1.165, 1.54) is 0 Å². The van der Waals surface area contributed by atoms with E-state index in [0.29, 0.717) is 24.5 Å². The van der Waals surface area contributed by atoms with Gasteiger partial charge >= 0.3 is 0 Å². The van der Waals surface area contributed by atoms with Crippen LogP contribution in [0.25, 0.3) is 0 Å². The average molecular weight is 481 g/mol. The van der Waals surface area contributed by atoms with E-state index in [9.17, 15) is 4.79 Å². The van der Waals surface area contributed by atoms with Gasteiger partial charge in [-0.3, -0.25) is 10.1 Å². The Hall–Kier alpha value is -2.16. The van der Waals surface area contributed by atoms with Crippen LogP contribution in [0.15, 0.2) is 46.9 Å². The lowest BCUT2D eigenvalue weighted by Gasteiger charge is -2.15. The number of hydrogen-bond donors (Lipinski definition) is 2. The van der Waals surface area contributed by atoms with Crippen molar-refractivity contribution in [1.29, 1.82) is 0 Å². The highest BCUT2D eigenvalue weighted by Crippen LogP contribution is 2.24. The maximum Gasteiger partial charge on any atom is 0.261 e. The Morgan fingerprint density at radius 1 is 1.21 bits per heavy atom. The third kappa shape index (κ3) is 7.64. The van der Waals surface area contributed by atoms with E-state index in [1.54, 1.807) is 25.3 Å². The minimum absolute atomic E-state index is 0.116. The number of ether oxygens (including phenoxy) is 3. The zero-order valence-electron chi connectivity index (χ0n) is 16.7. The molecule has 1 unspecified atom stereocenters. The quantitative estimate of drug-likeness (QED) is 0.397. The second-order valence-electron chi connectivity index (χ2n) is 6.25. The summed E-state index contributed by atoms with van der Waals surface area (Å²) in [5.74, 6) is 0.817. The molecule has 8 heteroatoms. The van der Waals surface area contributed by atoms with Gasteiger partial charge in [0.1, 0.15) is 18.1 Å². The van der Waals surface area contributed by atoms with E-state index in [-0.39, 0.29) is 17.1 Å². The number of halogens is 1. The van der Waals surface area contributed by atoms with Gasteiger partial charge in [0.2, 0.25) is 0 Å². The highest BCUT2D eigenvalue weighted by atomic mass is 79.9. The van der Waals surface area contributed by atoms with Crippen molar-refractivity contribution in [3.05, 3.63) is 52.5 Å². The number of anilines is 1. The molecule has 0 radical (unpaired) electrons. The predicted molar refractivity (Wildman–Crippen MR) is 122 cm³/mol. The van der Waals surface area contributed by atoms with Crippen LogP contribution in [-0.4, -0.2) is 37.4 Å². The van der Waals surface area contributed by atoms with Crippen molar-refractivity contribution in [2.75, 3.05) is 25.6 Å². The lowest BCUT2D eigenvalue weighted by Crippen LogP contribution is -2.34. The first-order valence-electron chi connectivity index (χ1n) is 9.23. The van der Waals surface area contributed by atoms with Gasteiger partial charge in [-0.15, -0.1) is 0 Å². The van der Waals surface area contributed by atoms with Crippen LogP contribution >= 0.6 is 28.1 Å². The smallest absolute Gasteiger partial charge is 0.261 e. The third-order valence-electron chi connectivity index (χ3n) is 3.96. The molecule has 1 atom stereocenters. The van der Waals surface area contributed by atoms with Gasteiger partial charge < -0.3 is 19.5 Å². The van der Waals surface area contributed by atoms with Crippen LogP contribution in [0.5, 0.6) is 11.5 Å². The number of nitrogens with one attached hydrogen (secondary N) is 2. The summed E-state index contributed by atoms with van der Waals surface area (Å²) in [5.41, 5.74) is 1.09. The van der Waals surface area contributed by atoms with Crippen LogP contribution in [0.3, 0.4) is 0 Å². The van der Waals surface area contributed by atoms with Gasteiger partial charge in [0.15, 0.2) is 5.11 Å². The molecule has 0 aromatic heterocycles. The van der Waals surface area contributed by atoms with Crippen LogP contribution in [0.1, 0.15) is 30.6 Å². The fourth-order valence-electron chi connectivity index (χ4n) is 2.34. The Labute approximate surface area is 185 Å². The van der Waals surface area contributed by atoms with Crippen molar-refractivity contribution in [1.82, 2.24) is 5.32 Å². The number of thiocarbonyl (C=S) groups is 1. The molecule has 0 heterocycles. The summed E-state index contributed by atoms with van der Waals surface area (Å²) in [6.45, 7) is 4.83. The Bertz CT molecular complexity index is 847. The normalized spacial score (nSPS) is 11.4. The standard InChI is InChI=1S/C21H25BrN2O4S/c1-4-14(2)28-17-7-5-6-16(13-17)23-21(29)24-20(25)18-12-15(22)8-9-19(18)27-11-10-26-3/h5-9,12-14H,4,10-11H2,1-3H3,(H2,23,24,25,29). The maximum atomic E-state index is 12.7. The molecule has 0 saturated carbocycles. The number of carbonyl (C=O) groups excluding carboxylic acids is 1. The van der Waals surface area contributed by atoms with E-state index in [0.717, 1.165) is 22.3 Å². The van der Waals surface area contributed by atoms with E-state index in [1.807, 2.05) is 31.2 Å². The van der Waals surface area contributed by atoms with Crippen LogP contribution in [0.2, 0.25) is 0 Å². The van der Waals surface area contributed by atoms with E-state index in [4.69, 9.17) is 26.4 Å². The van der Waals surface area contributed by atoms with Crippen LogP contribution in [0, 0.1) is 0 Å². The van der Waals surface area contributed by atoms with Gasteiger partial charge in [0.05, 0.1) is 18.3 Å². The first kappa shape index (κ1) is 23.1. The van der Waals surface area contributed by atoms with Gasteiger partial charge in [-0.25, -0.2) is 0 Å². The molecule has 6 nitrogen and oxygen atoms in total. The van der Waals surface area contributed by atoms with Gasteiger partial charge in [-0.05, 0) is 55.9 Å². The molecule has 2 aromatic carbocycles. The van der Waals surface area contributed by atoms with Crippen molar-refractivity contribution in [2.45, 2.75) is 26.4 Å². The van der Waals surface area contributed by atoms with Gasteiger partial charge in [0, 0.05) is 23.3 Å².